The molecule has 0 aliphatic carbocycles. The van der Waals surface area contributed by atoms with Gasteiger partial charge in [0.2, 0.25) is 0 Å². The number of carbonyl (C=O) groups is 2. The van der Waals surface area contributed by atoms with Crippen molar-refractivity contribution in [3.63, 3.8) is 0 Å². The van der Waals surface area contributed by atoms with Gasteiger partial charge < -0.3 is 14.6 Å². The predicted molar refractivity (Wildman–Crippen MR) is 128 cm³/mol. The van der Waals surface area contributed by atoms with Gasteiger partial charge in [0.15, 0.2) is 0 Å². The molecule has 3 aromatic rings. The quantitative estimate of drug-likeness (QED) is 0.406. The molecule has 188 valence electrons. The van der Waals surface area contributed by atoms with Gasteiger partial charge in [-0.2, -0.15) is 13.2 Å². The Hall–Kier alpha value is -2.95. The SMILES string of the molecule is COC(=O)Cc1ccc2c(c1)CN(C(=O)c1c(Sc3c(Cl)cccc3Cl)cc(C(F)(F)F)[nH]c1=O)C2. The van der Waals surface area contributed by atoms with Crippen molar-refractivity contribution < 1.29 is 27.5 Å². The number of hydrogen-bond donors (Lipinski definition) is 1. The molecule has 0 saturated carbocycles. The summed E-state index contributed by atoms with van der Waals surface area (Å²) in [6.07, 6.45) is -4.80. The van der Waals surface area contributed by atoms with Crippen molar-refractivity contribution in [3.8, 4) is 0 Å². The number of methoxy groups -OCH3 is 1. The molecule has 2 aromatic carbocycles. The van der Waals surface area contributed by atoms with Gasteiger partial charge >= 0.3 is 12.1 Å². The number of H-pyrrole nitrogens is 1. The van der Waals surface area contributed by atoms with Crippen molar-refractivity contribution in [3.05, 3.63) is 90.8 Å². The highest BCUT2D eigenvalue weighted by molar-refractivity contribution is 7.99. The van der Waals surface area contributed by atoms with Gasteiger partial charge in [0.1, 0.15) is 11.3 Å². The highest BCUT2D eigenvalue weighted by Crippen LogP contribution is 2.41. The summed E-state index contributed by atoms with van der Waals surface area (Å²) < 4.78 is 45.0. The summed E-state index contributed by atoms with van der Waals surface area (Å²) in [4.78, 5) is 41.0. The molecule has 4 rings (SSSR count). The van der Waals surface area contributed by atoms with Gasteiger partial charge in [-0.15, -0.1) is 0 Å². The third-order valence-electron chi connectivity index (χ3n) is 5.50. The average Bonchev–Trinajstić information content (AvgIpc) is 3.23. The second-order valence-electron chi connectivity index (χ2n) is 7.92. The van der Waals surface area contributed by atoms with Gasteiger partial charge in [-0.05, 0) is 34.9 Å². The molecule has 0 fully saturated rings. The molecule has 1 aromatic heterocycles. The van der Waals surface area contributed by atoms with Crippen LogP contribution in [0.2, 0.25) is 10.0 Å². The van der Waals surface area contributed by atoms with Crippen molar-refractivity contribution >= 4 is 46.8 Å². The van der Waals surface area contributed by atoms with Crippen LogP contribution in [-0.4, -0.2) is 28.9 Å². The van der Waals surface area contributed by atoms with Gasteiger partial charge in [-0.25, -0.2) is 0 Å². The highest BCUT2D eigenvalue weighted by Gasteiger charge is 2.36. The third-order valence-corrected chi connectivity index (χ3v) is 7.54. The number of aromatic amines is 1. The minimum absolute atomic E-state index is 0.0513. The molecule has 12 heteroatoms. The number of nitrogens with zero attached hydrogens (tertiary/aromatic N) is 1. The summed E-state index contributed by atoms with van der Waals surface area (Å²) in [5.41, 5.74) is -0.687. The molecule has 0 bridgehead atoms. The second kappa shape index (κ2) is 10.2. The van der Waals surface area contributed by atoms with Crippen LogP contribution in [0.1, 0.15) is 32.7 Å². The number of hydrogen-bond acceptors (Lipinski definition) is 5. The summed E-state index contributed by atoms with van der Waals surface area (Å²) in [5.74, 6) is -1.17. The van der Waals surface area contributed by atoms with Crippen LogP contribution < -0.4 is 5.56 Å². The predicted octanol–water partition coefficient (Wildman–Crippen LogP) is 5.72. The van der Waals surface area contributed by atoms with E-state index < -0.39 is 34.9 Å². The van der Waals surface area contributed by atoms with Gasteiger partial charge in [0.25, 0.3) is 11.5 Å². The van der Waals surface area contributed by atoms with Crippen molar-refractivity contribution in [1.82, 2.24) is 9.88 Å². The molecule has 2 heterocycles. The zero-order valence-corrected chi connectivity index (χ0v) is 20.9. The molecule has 0 spiro atoms. The van der Waals surface area contributed by atoms with Crippen LogP contribution in [0.4, 0.5) is 13.2 Å². The van der Waals surface area contributed by atoms with Gasteiger partial charge in [0.05, 0.1) is 23.6 Å². The molecule has 1 amide bonds. The molecule has 0 saturated heterocycles. The first-order chi connectivity index (χ1) is 17.0. The van der Waals surface area contributed by atoms with E-state index in [2.05, 4.69) is 4.74 Å². The Labute approximate surface area is 217 Å². The fourth-order valence-corrected chi connectivity index (χ4v) is 5.40. The molecular weight excluding hydrogens is 540 g/mol. The monoisotopic (exact) mass is 556 g/mol. The Kier molecular flexibility index (Phi) is 7.40. The van der Waals surface area contributed by atoms with E-state index in [1.165, 1.54) is 24.1 Å². The highest BCUT2D eigenvalue weighted by atomic mass is 35.5. The minimum atomic E-state index is -4.85. The second-order valence-corrected chi connectivity index (χ2v) is 9.79. The van der Waals surface area contributed by atoms with Crippen LogP contribution in [0.5, 0.6) is 0 Å². The van der Waals surface area contributed by atoms with Crippen molar-refractivity contribution in [2.24, 2.45) is 0 Å². The number of amides is 1. The van der Waals surface area contributed by atoms with E-state index in [1.54, 1.807) is 29.2 Å². The van der Waals surface area contributed by atoms with Gasteiger partial charge in [-0.3, -0.25) is 14.4 Å². The molecule has 0 atom stereocenters. The topological polar surface area (TPSA) is 79.5 Å². The van der Waals surface area contributed by atoms with Gasteiger partial charge in [0, 0.05) is 22.9 Å². The first-order valence-electron chi connectivity index (χ1n) is 10.4. The Bertz CT molecular complexity index is 1410. The van der Waals surface area contributed by atoms with Crippen LogP contribution >= 0.6 is 35.0 Å². The molecule has 1 aliphatic heterocycles. The van der Waals surface area contributed by atoms with Crippen LogP contribution in [0.25, 0.3) is 0 Å². The molecule has 6 nitrogen and oxygen atoms in total. The lowest BCUT2D eigenvalue weighted by atomic mass is 10.0. The van der Waals surface area contributed by atoms with Crippen LogP contribution in [-0.2, 0) is 35.2 Å². The standard InChI is InChI=1S/C24H17Cl2F3N2O4S/c1-35-19(32)8-12-5-6-13-10-31(11-14(13)7-12)23(34)20-17(9-18(24(27,28)29)30-22(20)33)36-21-15(25)3-2-4-16(21)26/h2-7,9H,8,10-11H2,1H3,(H,30,33). The molecule has 36 heavy (non-hydrogen) atoms. The van der Waals surface area contributed by atoms with Crippen molar-refractivity contribution in [1.29, 1.82) is 0 Å². The zero-order chi connectivity index (χ0) is 26.2. The third kappa shape index (κ3) is 5.40. The number of halogens is 5. The summed E-state index contributed by atoms with van der Waals surface area (Å²) in [5, 5.41) is 0.318. The van der Waals surface area contributed by atoms with Crippen LogP contribution in [0.3, 0.4) is 0 Å². The summed E-state index contributed by atoms with van der Waals surface area (Å²) >= 11 is 13.1. The summed E-state index contributed by atoms with van der Waals surface area (Å²) in [6.45, 7) is 0.255. The number of ether oxygens (including phenoxy) is 1. The number of pyridine rings is 1. The van der Waals surface area contributed by atoms with Crippen molar-refractivity contribution in [2.75, 3.05) is 7.11 Å². The maximum absolute atomic E-state index is 13.5. The Morgan fingerprint density at radius 2 is 1.75 bits per heavy atom. The van der Waals surface area contributed by atoms with Crippen LogP contribution in [0, 0.1) is 0 Å². The number of aromatic nitrogens is 1. The lowest BCUT2D eigenvalue weighted by molar-refractivity contribution is -0.141. The molecule has 0 radical (unpaired) electrons. The first-order valence-corrected chi connectivity index (χ1v) is 12.0. The van der Waals surface area contributed by atoms with Crippen molar-refractivity contribution in [2.45, 2.75) is 35.5 Å². The number of rotatable bonds is 5. The number of esters is 1. The molecule has 0 unspecified atom stereocenters. The van der Waals surface area contributed by atoms with E-state index in [0.29, 0.717) is 23.4 Å². The lowest BCUT2D eigenvalue weighted by Gasteiger charge is -2.18. The summed E-state index contributed by atoms with van der Waals surface area (Å²) in [6, 6.07) is 10.5. The maximum Gasteiger partial charge on any atom is 0.431 e. The molecular formula is C24H17Cl2F3N2O4S. The fourth-order valence-electron chi connectivity index (χ4n) is 3.76. The molecule has 1 aliphatic rings. The lowest BCUT2D eigenvalue weighted by Crippen LogP contribution is -2.32. The number of fused-ring (bicyclic) bond motifs is 1. The van der Waals surface area contributed by atoms with Crippen LogP contribution in [0.15, 0.2) is 57.1 Å². The van der Waals surface area contributed by atoms with E-state index in [1.807, 2.05) is 0 Å². The number of alkyl halides is 3. The van der Waals surface area contributed by atoms with E-state index in [-0.39, 0.29) is 39.3 Å². The molecule has 1 N–H and O–H groups in total. The van der Waals surface area contributed by atoms with E-state index in [9.17, 15) is 27.6 Å². The smallest absolute Gasteiger partial charge is 0.431 e. The van der Waals surface area contributed by atoms with Gasteiger partial charge in [-0.1, -0.05) is 59.2 Å². The zero-order valence-electron chi connectivity index (χ0n) is 18.5. The fraction of sp³-hybridized carbons (Fsp3) is 0.208. The number of nitrogens with one attached hydrogen (secondary N) is 1. The maximum atomic E-state index is 13.5. The Morgan fingerprint density at radius 1 is 1.08 bits per heavy atom. The Morgan fingerprint density at radius 3 is 2.39 bits per heavy atom. The summed E-state index contributed by atoms with van der Waals surface area (Å²) in [7, 11) is 1.28. The largest absolute Gasteiger partial charge is 0.469 e. The number of carbonyl (C=O) groups excluding carboxylic acids is 2. The minimum Gasteiger partial charge on any atom is -0.469 e. The van der Waals surface area contributed by atoms with E-state index >= 15 is 0 Å². The normalized spacial score (nSPS) is 13.0. The van der Waals surface area contributed by atoms with E-state index in [4.69, 9.17) is 23.2 Å². The first kappa shape index (κ1) is 26.1. The Balaban J connectivity index is 1.71. The average molecular weight is 557 g/mol. The van der Waals surface area contributed by atoms with E-state index in [0.717, 1.165) is 11.1 Å². The number of benzene rings is 2.